The third-order valence-electron chi connectivity index (χ3n) is 2.96. The maximum Gasteiger partial charge on any atom is 0.124 e. The molecule has 19 heavy (non-hydrogen) atoms. The lowest BCUT2D eigenvalue weighted by molar-refractivity contribution is 0.598. The molecule has 106 valence electrons. The first kappa shape index (κ1) is 15.6. The number of hydrogen-bond donors (Lipinski definition) is 1. The molecule has 5 nitrogen and oxygen atoms in total. The summed E-state index contributed by atoms with van der Waals surface area (Å²) >= 11 is 0. The van der Waals surface area contributed by atoms with Crippen LogP contribution in [0.1, 0.15) is 30.3 Å². The topological polar surface area (TPSA) is 47.7 Å². The molecule has 0 saturated carbocycles. The number of rotatable bonds is 5. The second kappa shape index (κ2) is 6.61. The van der Waals surface area contributed by atoms with Crippen molar-refractivity contribution in [1.29, 1.82) is 0 Å². The molecule has 2 heterocycles. The van der Waals surface area contributed by atoms with Gasteiger partial charge in [-0.2, -0.15) is 10.2 Å². The van der Waals surface area contributed by atoms with Gasteiger partial charge in [0.25, 0.3) is 0 Å². The Kier molecular flexibility index (Phi) is 5.42. The lowest BCUT2D eigenvalue weighted by atomic mass is 10.2. The van der Waals surface area contributed by atoms with E-state index in [-0.39, 0.29) is 12.4 Å². The van der Waals surface area contributed by atoms with Crippen LogP contribution in [0.4, 0.5) is 5.82 Å². The Morgan fingerprint density at radius 3 is 2.58 bits per heavy atom. The van der Waals surface area contributed by atoms with Gasteiger partial charge in [0, 0.05) is 38.0 Å². The summed E-state index contributed by atoms with van der Waals surface area (Å²) in [6.07, 6.45) is 3.23. The summed E-state index contributed by atoms with van der Waals surface area (Å²) in [5.41, 5.74) is 3.36. The van der Waals surface area contributed by atoms with E-state index in [1.165, 1.54) is 5.56 Å². The lowest BCUT2D eigenvalue weighted by Crippen LogP contribution is -2.04. The van der Waals surface area contributed by atoms with Crippen molar-refractivity contribution < 1.29 is 0 Å². The predicted molar refractivity (Wildman–Crippen MR) is 79.8 cm³/mol. The Morgan fingerprint density at radius 1 is 1.26 bits per heavy atom. The van der Waals surface area contributed by atoms with Gasteiger partial charge in [0.2, 0.25) is 0 Å². The van der Waals surface area contributed by atoms with Gasteiger partial charge in [0.15, 0.2) is 0 Å². The van der Waals surface area contributed by atoms with Crippen LogP contribution in [0, 0.1) is 13.8 Å². The summed E-state index contributed by atoms with van der Waals surface area (Å²) in [6, 6.07) is 2.05. The molecular weight excluding hydrogens is 262 g/mol. The molecule has 0 bridgehead atoms. The molecule has 0 aliphatic carbocycles. The van der Waals surface area contributed by atoms with E-state index in [2.05, 4.69) is 35.6 Å². The van der Waals surface area contributed by atoms with Crippen LogP contribution in [0.2, 0.25) is 0 Å². The lowest BCUT2D eigenvalue weighted by Gasteiger charge is -2.04. The molecule has 0 atom stereocenters. The molecule has 2 aromatic rings. The highest BCUT2D eigenvalue weighted by atomic mass is 35.5. The second-order valence-electron chi connectivity index (χ2n) is 4.65. The molecule has 0 aliphatic heterocycles. The van der Waals surface area contributed by atoms with Crippen molar-refractivity contribution in [2.75, 3.05) is 5.32 Å². The summed E-state index contributed by atoms with van der Waals surface area (Å²) in [6.45, 7) is 7.97. The van der Waals surface area contributed by atoms with E-state index >= 15 is 0 Å². The SMILES string of the molecule is CCCn1cc(CNc2cc(C)nn2C)c(C)n1.Cl. The Balaban J connectivity index is 0.00000180. The third kappa shape index (κ3) is 3.73. The monoisotopic (exact) mass is 283 g/mol. The summed E-state index contributed by atoms with van der Waals surface area (Å²) in [5.74, 6) is 1.04. The van der Waals surface area contributed by atoms with Crippen molar-refractivity contribution in [2.24, 2.45) is 7.05 Å². The number of anilines is 1. The maximum atomic E-state index is 4.49. The smallest absolute Gasteiger partial charge is 0.124 e. The van der Waals surface area contributed by atoms with E-state index < -0.39 is 0 Å². The van der Waals surface area contributed by atoms with E-state index in [9.17, 15) is 0 Å². The van der Waals surface area contributed by atoms with Gasteiger partial charge in [-0.15, -0.1) is 12.4 Å². The van der Waals surface area contributed by atoms with Gasteiger partial charge < -0.3 is 5.32 Å². The Bertz CT molecular complexity index is 529. The fraction of sp³-hybridized carbons (Fsp3) is 0.538. The molecule has 0 fully saturated rings. The number of aromatic nitrogens is 4. The predicted octanol–water partition coefficient (Wildman–Crippen LogP) is 2.68. The van der Waals surface area contributed by atoms with Crippen LogP contribution < -0.4 is 5.32 Å². The summed E-state index contributed by atoms with van der Waals surface area (Å²) in [7, 11) is 1.95. The van der Waals surface area contributed by atoms with Crippen molar-refractivity contribution in [3.63, 3.8) is 0 Å². The number of nitrogens with one attached hydrogen (secondary N) is 1. The molecule has 0 amide bonds. The highest BCUT2D eigenvalue weighted by Crippen LogP contribution is 2.12. The molecule has 0 aromatic carbocycles. The highest BCUT2D eigenvalue weighted by molar-refractivity contribution is 5.85. The normalized spacial score (nSPS) is 10.3. The van der Waals surface area contributed by atoms with Gasteiger partial charge in [0.1, 0.15) is 5.82 Å². The number of hydrogen-bond acceptors (Lipinski definition) is 3. The van der Waals surface area contributed by atoms with Gasteiger partial charge in [-0.1, -0.05) is 6.92 Å². The molecular formula is C13H22ClN5. The van der Waals surface area contributed by atoms with Crippen molar-refractivity contribution in [3.05, 3.63) is 29.2 Å². The van der Waals surface area contributed by atoms with Crippen molar-refractivity contribution >= 4 is 18.2 Å². The molecule has 6 heteroatoms. The fourth-order valence-electron chi connectivity index (χ4n) is 2.04. The van der Waals surface area contributed by atoms with E-state index in [0.29, 0.717) is 0 Å². The minimum absolute atomic E-state index is 0. The maximum absolute atomic E-state index is 4.49. The summed E-state index contributed by atoms with van der Waals surface area (Å²) < 4.78 is 3.88. The summed E-state index contributed by atoms with van der Waals surface area (Å²) in [4.78, 5) is 0. The molecule has 0 saturated heterocycles. The standard InChI is InChI=1S/C13H21N5.ClH/c1-5-6-18-9-12(11(3)16-18)8-14-13-7-10(2)15-17(13)4;/h7,9,14H,5-6,8H2,1-4H3;1H. The fourth-order valence-corrected chi connectivity index (χ4v) is 2.04. The van der Waals surface area contributed by atoms with Crippen LogP contribution in [0.15, 0.2) is 12.3 Å². The quantitative estimate of drug-likeness (QED) is 0.918. The minimum Gasteiger partial charge on any atom is -0.366 e. The van der Waals surface area contributed by atoms with Gasteiger partial charge in [-0.25, -0.2) is 0 Å². The van der Waals surface area contributed by atoms with Crippen molar-refractivity contribution in [3.8, 4) is 0 Å². The Hall–Kier alpha value is -1.49. The first-order chi connectivity index (χ1) is 8.60. The van der Waals surface area contributed by atoms with E-state index in [1.807, 2.05) is 29.4 Å². The average Bonchev–Trinajstić information content (AvgIpc) is 2.80. The van der Waals surface area contributed by atoms with Gasteiger partial charge >= 0.3 is 0 Å². The second-order valence-corrected chi connectivity index (χ2v) is 4.65. The number of nitrogens with zero attached hydrogens (tertiary/aromatic N) is 4. The number of halogens is 1. The van der Waals surface area contributed by atoms with E-state index in [1.54, 1.807) is 0 Å². The Labute approximate surface area is 120 Å². The van der Waals surface area contributed by atoms with Crippen LogP contribution in [-0.4, -0.2) is 19.6 Å². The molecule has 0 spiro atoms. The van der Waals surface area contributed by atoms with E-state index in [0.717, 1.165) is 36.7 Å². The third-order valence-corrected chi connectivity index (χ3v) is 2.96. The Morgan fingerprint density at radius 2 is 2.00 bits per heavy atom. The van der Waals surface area contributed by atoms with Crippen molar-refractivity contribution in [2.45, 2.75) is 40.3 Å². The zero-order chi connectivity index (χ0) is 13.1. The van der Waals surface area contributed by atoms with Crippen LogP contribution in [0.5, 0.6) is 0 Å². The molecule has 2 rings (SSSR count). The summed E-state index contributed by atoms with van der Waals surface area (Å²) in [5, 5.41) is 12.2. The molecule has 1 N–H and O–H groups in total. The first-order valence-corrected chi connectivity index (χ1v) is 6.37. The molecule has 2 aromatic heterocycles. The van der Waals surface area contributed by atoms with Crippen LogP contribution in [0.25, 0.3) is 0 Å². The number of aryl methyl sites for hydroxylation is 4. The largest absolute Gasteiger partial charge is 0.366 e. The van der Waals surface area contributed by atoms with Crippen LogP contribution in [0.3, 0.4) is 0 Å². The highest BCUT2D eigenvalue weighted by Gasteiger charge is 2.06. The molecule has 0 unspecified atom stereocenters. The van der Waals surface area contributed by atoms with Gasteiger partial charge in [0.05, 0.1) is 11.4 Å². The van der Waals surface area contributed by atoms with Gasteiger partial charge in [-0.3, -0.25) is 9.36 Å². The first-order valence-electron chi connectivity index (χ1n) is 6.37. The zero-order valence-electron chi connectivity index (χ0n) is 12.0. The average molecular weight is 284 g/mol. The van der Waals surface area contributed by atoms with E-state index in [4.69, 9.17) is 0 Å². The minimum atomic E-state index is 0. The molecule has 0 radical (unpaired) electrons. The van der Waals surface area contributed by atoms with Crippen LogP contribution >= 0.6 is 12.4 Å². The van der Waals surface area contributed by atoms with Gasteiger partial charge in [-0.05, 0) is 20.3 Å². The zero-order valence-corrected chi connectivity index (χ0v) is 12.8. The van der Waals surface area contributed by atoms with Crippen molar-refractivity contribution in [1.82, 2.24) is 19.6 Å². The van der Waals surface area contributed by atoms with Crippen LogP contribution in [-0.2, 0) is 20.1 Å². The molecule has 0 aliphatic rings.